The van der Waals surface area contributed by atoms with Crippen molar-refractivity contribution in [2.45, 2.75) is 45.0 Å². The minimum absolute atomic E-state index is 0.0503. The lowest BCUT2D eigenvalue weighted by Crippen LogP contribution is -2.50. The molecule has 108 valence electrons. The van der Waals surface area contributed by atoms with Crippen LogP contribution in [0.2, 0.25) is 0 Å². The SMILES string of the molecule is CC(C)C1CN(C(=O)[C@@H]2CC[C@H](C(=O)O)O2)CCO1. The molecule has 6 nitrogen and oxygen atoms in total. The first-order chi connectivity index (χ1) is 8.99. The number of ether oxygens (including phenoxy) is 2. The zero-order chi connectivity index (χ0) is 14.0. The predicted octanol–water partition coefficient (Wildman–Crippen LogP) is 0.502. The number of rotatable bonds is 3. The van der Waals surface area contributed by atoms with Crippen LogP contribution < -0.4 is 0 Å². The van der Waals surface area contributed by atoms with Crippen LogP contribution in [0.25, 0.3) is 0 Å². The Morgan fingerprint density at radius 2 is 1.95 bits per heavy atom. The Labute approximate surface area is 112 Å². The minimum atomic E-state index is -0.989. The van der Waals surface area contributed by atoms with Gasteiger partial charge in [0.1, 0.15) is 6.10 Å². The van der Waals surface area contributed by atoms with Crippen molar-refractivity contribution in [3.8, 4) is 0 Å². The average molecular weight is 271 g/mol. The minimum Gasteiger partial charge on any atom is -0.479 e. The van der Waals surface area contributed by atoms with E-state index >= 15 is 0 Å². The van der Waals surface area contributed by atoms with Gasteiger partial charge in [-0.25, -0.2) is 4.79 Å². The molecule has 0 saturated carbocycles. The molecule has 2 heterocycles. The van der Waals surface area contributed by atoms with Gasteiger partial charge >= 0.3 is 5.97 Å². The first kappa shape index (κ1) is 14.3. The highest BCUT2D eigenvalue weighted by molar-refractivity contribution is 5.82. The van der Waals surface area contributed by atoms with E-state index in [1.54, 1.807) is 4.90 Å². The molecule has 0 aromatic rings. The van der Waals surface area contributed by atoms with E-state index in [9.17, 15) is 9.59 Å². The summed E-state index contributed by atoms with van der Waals surface area (Å²) in [5.74, 6) is -0.734. The van der Waals surface area contributed by atoms with Crippen molar-refractivity contribution in [1.82, 2.24) is 4.90 Å². The Bertz CT molecular complexity index is 357. The molecule has 19 heavy (non-hydrogen) atoms. The molecular weight excluding hydrogens is 250 g/mol. The first-order valence-electron chi connectivity index (χ1n) is 6.77. The van der Waals surface area contributed by atoms with Gasteiger partial charge in [-0.3, -0.25) is 4.79 Å². The van der Waals surface area contributed by atoms with E-state index in [0.717, 1.165) is 0 Å². The molecule has 1 amide bonds. The van der Waals surface area contributed by atoms with E-state index in [1.165, 1.54) is 0 Å². The second kappa shape index (κ2) is 5.88. The Balaban J connectivity index is 1.91. The fraction of sp³-hybridized carbons (Fsp3) is 0.846. The summed E-state index contributed by atoms with van der Waals surface area (Å²) in [7, 11) is 0. The topological polar surface area (TPSA) is 76.1 Å². The Kier molecular flexibility index (Phi) is 4.42. The van der Waals surface area contributed by atoms with Gasteiger partial charge in [0.05, 0.1) is 12.7 Å². The normalized spacial score (nSPS) is 31.7. The predicted molar refractivity (Wildman–Crippen MR) is 66.7 cm³/mol. The molecule has 0 aliphatic carbocycles. The molecule has 3 atom stereocenters. The summed E-state index contributed by atoms with van der Waals surface area (Å²) in [6, 6.07) is 0. The summed E-state index contributed by atoms with van der Waals surface area (Å²) in [6.07, 6.45) is -0.499. The van der Waals surface area contributed by atoms with Crippen molar-refractivity contribution < 1.29 is 24.2 Å². The molecule has 1 N–H and O–H groups in total. The van der Waals surface area contributed by atoms with Crippen LogP contribution in [0.5, 0.6) is 0 Å². The molecule has 0 aromatic carbocycles. The highest BCUT2D eigenvalue weighted by atomic mass is 16.5. The van der Waals surface area contributed by atoms with E-state index in [1.807, 2.05) is 0 Å². The molecular formula is C13H21NO5. The summed E-state index contributed by atoms with van der Waals surface area (Å²) >= 11 is 0. The Hall–Kier alpha value is -1.14. The summed E-state index contributed by atoms with van der Waals surface area (Å²) in [5, 5.41) is 8.87. The van der Waals surface area contributed by atoms with Crippen molar-refractivity contribution in [3.63, 3.8) is 0 Å². The average Bonchev–Trinajstić information content (AvgIpc) is 2.87. The molecule has 0 aromatic heterocycles. The smallest absolute Gasteiger partial charge is 0.332 e. The zero-order valence-corrected chi connectivity index (χ0v) is 11.4. The van der Waals surface area contributed by atoms with E-state index in [-0.39, 0.29) is 12.0 Å². The number of carbonyl (C=O) groups is 2. The summed E-state index contributed by atoms with van der Waals surface area (Å²) in [6.45, 7) is 5.77. The van der Waals surface area contributed by atoms with Crippen molar-refractivity contribution in [2.75, 3.05) is 19.7 Å². The number of carbonyl (C=O) groups excluding carboxylic acids is 1. The van der Waals surface area contributed by atoms with Crippen LogP contribution in [0, 0.1) is 5.92 Å². The molecule has 0 radical (unpaired) electrons. The van der Waals surface area contributed by atoms with Crippen LogP contribution in [0.1, 0.15) is 26.7 Å². The van der Waals surface area contributed by atoms with Crippen LogP contribution in [-0.2, 0) is 19.1 Å². The quantitative estimate of drug-likeness (QED) is 0.809. The van der Waals surface area contributed by atoms with Crippen LogP contribution in [-0.4, -0.2) is 59.9 Å². The largest absolute Gasteiger partial charge is 0.479 e. The number of carboxylic acids is 1. The molecule has 6 heteroatoms. The third-order valence-corrected chi connectivity index (χ3v) is 3.72. The van der Waals surface area contributed by atoms with Gasteiger partial charge in [0, 0.05) is 13.1 Å². The standard InChI is InChI=1S/C13H21NO5/c1-8(2)11-7-14(5-6-18-11)12(15)9-3-4-10(19-9)13(16)17/h8-11H,3-7H2,1-2H3,(H,16,17)/t9-,10+,11?/m0/s1. The molecule has 0 spiro atoms. The molecule has 2 rings (SSSR count). The lowest BCUT2D eigenvalue weighted by molar-refractivity contribution is -0.158. The number of amides is 1. The second-order valence-electron chi connectivity index (χ2n) is 5.47. The number of carboxylic acid groups (broad SMARTS) is 1. The van der Waals surface area contributed by atoms with Gasteiger partial charge in [-0.1, -0.05) is 13.8 Å². The van der Waals surface area contributed by atoms with Crippen molar-refractivity contribution in [3.05, 3.63) is 0 Å². The maximum atomic E-state index is 12.3. The van der Waals surface area contributed by atoms with E-state index in [0.29, 0.717) is 38.5 Å². The van der Waals surface area contributed by atoms with Crippen molar-refractivity contribution in [2.24, 2.45) is 5.92 Å². The molecule has 1 unspecified atom stereocenters. The number of nitrogens with zero attached hydrogens (tertiary/aromatic N) is 1. The molecule has 2 aliphatic rings. The van der Waals surface area contributed by atoms with Gasteiger partial charge in [0.15, 0.2) is 6.10 Å². The Morgan fingerprint density at radius 3 is 2.53 bits per heavy atom. The van der Waals surface area contributed by atoms with E-state index in [4.69, 9.17) is 14.6 Å². The fourth-order valence-corrected chi connectivity index (χ4v) is 2.48. The molecule has 0 bridgehead atoms. The first-order valence-corrected chi connectivity index (χ1v) is 6.77. The van der Waals surface area contributed by atoms with Crippen LogP contribution in [0.15, 0.2) is 0 Å². The van der Waals surface area contributed by atoms with E-state index < -0.39 is 18.2 Å². The molecule has 2 fully saturated rings. The summed E-state index contributed by atoms with van der Waals surface area (Å²) in [4.78, 5) is 24.8. The lowest BCUT2D eigenvalue weighted by Gasteiger charge is -2.36. The van der Waals surface area contributed by atoms with Crippen LogP contribution in [0.4, 0.5) is 0 Å². The van der Waals surface area contributed by atoms with Gasteiger partial charge in [0.25, 0.3) is 5.91 Å². The monoisotopic (exact) mass is 271 g/mol. The third kappa shape index (κ3) is 3.25. The maximum absolute atomic E-state index is 12.3. The van der Waals surface area contributed by atoms with Crippen molar-refractivity contribution >= 4 is 11.9 Å². The number of hydrogen-bond acceptors (Lipinski definition) is 4. The summed E-state index contributed by atoms with van der Waals surface area (Å²) < 4.78 is 10.9. The lowest BCUT2D eigenvalue weighted by atomic mass is 10.0. The number of morpholine rings is 1. The highest BCUT2D eigenvalue weighted by Gasteiger charge is 2.38. The molecule has 2 saturated heterocycles. The van der Waals surface area contributed by atoms with Crippen LogP contribution in [0.3, 0.4) is 0 Å². The number of hydrogen-bond donors (Lipinski definition) is 1. The van der Waals surface area contributed by atoms with Crippen molar-refractivity contribution in [1.29, 1.82) is 0 Å². The summed E-state index contributed by atoms with van der Waals surface area (Å²) in [5.41, 5.74) is 0. The fourth-order valence-electron chi connectivity index (χ4n) is 2.48. The van der Waals surface area contributed by atoms with E-state index in [2.05, 4.69) is 13.8 Å². The zero-order valence-electron chi connectivity index (χ0n) is 11.4. The third-order valence-electron chi connectivity index (χ3n) is 3.72. The van der Waals surface area contributed by atoms with Gasteiger partial charge in [-0.2, -0.15) is 0 Å². The van der Waals surface area contributed by atoms with Gasteiger partial charge in [-0.05, 0) is 18.8 Å². The molecule has 2 aliphatic heterocycles. The van der Waals surface area contributed by atoms with Gasteiger partial charge in [-0.15, -0.1) is 0 Å². The number of aliphatic carboxylic acids is 1. The van der Waals surface area contributed by atoms with Gasteiger partial charge in [0.2, 0.25) is 0 Å². The Morgan fingerprint density at radius 1 is 1.26 bits per heavy atom. The van der Waals surface area contributed by atoms with Crippen LogP contribution >= 0.6 is 0 Å². The highest BCUT2D eigenvalue weighted by Crippen LogP contribution is 2.23. The second-order valence-corrected chi connectivity index (χ2v) is 5.47. The maximum Gasteiger partial charge on any atom is 0.332 e. The van der Waals surface area contributed by atoms with Gasteiger partial charge < -0.3 is 19.5 Å².